The van der Waals surface area contributed by atoms with Crippen LogP contribution in [-0.2, 0) is 4.79 Å². The first kappa shape index (κ1) is 20.4. The Morgan fingerprint density at radius 3 is 1.62 bits per heavy atom. The highest BCUT2D eigenvalue weighted by atomic mass is 16.3. The van der Waals surface area contributed by atoms with Crippen molar-refractivity contribution < 1.29 is 9.90 Å². The molecule has 126 valence electrons. The molecule has 0 aliphatic carbocycles. The van der Waals surface area contributed by atoms with Crippen molar-refractivity contribution in [3.8, 4) is 0 Å². The third-order valence-corrected chi connectivity index (χ3v) is 3.84. The van der Waals surface area contributed by atoms with Crippen molar-refractivity contribution in [2.75, 3.05) is 6.54 Å². The fourth-order valence-corrected chi connectivity index (χ4v) is 2.94. The van der Waals surface area contributed by atoms with Crippen molar-refractivity contribution >= 4 is 5.91 Å². The van der Waals surface area contributed by atoms with Crippen LogP contribution in [0.5, 0.6) is 0 Å². The van der Waals surface area contributed by atoms with Crippen LogP contribution >= 0.6 is 0 Å². The summed E-state index contributed by atoms with van der Waals surface area (Å²) in [6, 6.07) is 1.21. The molecule has 0 fully saturated rings. The summed E-state index contributed by atoms with van der Waals surface area (Å²) in [5.41, 5.74) is 0. The number of aliphatic hydroxyl groups is 1. The molecule has 4 nitrogen and oxygen atoms in total. The van der Waals surface area contributed by atoms with Gasteiger partial charge < -0.3 is 10.0 Å². The molecule has 0 bridgehead atoms. The molecule has 0 aromatic rings. The number of hydrogen-bond acceptors (Lipinski definition) is 3. The zero-order valence-corrected chi connectivity index (χ0v) is 15.3. The van der Waals surface area contributed by atoms with E-state index in [9.17, 15) is 9.90 Å². The van der Waals surface area contributed by atoms with Crippen LogP contribution in [0.25, 0.3) is 0 Å². The van der Waals surface area contributed by atoms with Gasteiger partial charge in [-0.2, -0.15) is 0 Å². The third kappa shape index (κ3) is 7.28. The summed E-state index contributed by atoms with van der Waals surface area (Å²) in [5, 5.41) is 10.2. The Hall–Kier alpha value is -0.610. The predicted molar refractivity (Wildman–Crippen MR) is 89.3 cm³/mol. The lowest BCUT2D eigenvalue weighted by Crippen LogP contribution is -2.44. The highest BCUT2D eigenvalue weighted by Crippen LogP contribution is 2.12. The lowest BCUT2D eigenvalue weighted by Gasteiger charge is -2.33. The molecule has 1 N–H and O–H groups in total. The Morgan fingerprint density at radius 2 is 1.29 bits per heavy atom. The van der Waals surface area contributed by atoms with Crippen LogP contribution in [0, 0.1) is 0 Å². The number of rotatable bonds is 9. The quantitative estimate of drug-likeness (QED) is 0.712. The maximum Gasteiger partial charge on any atom is 0.223 e. The summed E-state index contributed by atoms with van der Waals surface area (Å²) < 4.78 is 0. The first-order chi connectivity index (χ1) is 9.57. The van der Waals surface area contributed by atoms with Crippen molar-refractivity contribution in [1.29, 1.82) is 0 Å². The molecule has 0 spiro atoms. The van der Waals surface area contributed by atoms with Gasteiger partial charge in [0.15, 0.2) is 0 Å². The topological polar surface area (TPSA) is 43.8 Å². The lowest BCUT2D eigenvalue weighted by atomic mass is 10.1. The molecule has 0 aliphatic rings. The van der Waals surface area contributed by atoms with Gasteiger partial charge in [-0.05, 0) is 61.8 Å². The maximum atomic E-state index is 12.3. The molecule has 21 heavy (non-hydrogen) atoms. The number of aliphatic hydroxyl groups excluding tert-OH is 1. The van der Waals surface area contributed by atoms with Gasteiger partial charge in [-0.1, -0.05) is 0 Å². The summed E-state index contributed by atoms with van der Waals surface area (Å²) in [5.74, 6) is 0.139. The van der Waals surface area contributed by atoms with Crippen LogP contribution in [0.1, 0.15) is 68.2 Å². The fraction of sp³-hybridized carbons (Fsp3) is 0.941. The van der Waals surface area contributed by atoms with E-state index in [2.05, 4.69) is 32.6 Å². The summed E-state index contributed by atoms with van der Waals surface area (Å²) in [6.07, 6.45) is 0.506. The van der Waals surface area contributed by atoms with E-state index in [-0.39, 0.29) is 18.0 Å². The molecule has 0 aromatic heterocycles. The number of carbonyl (C=O) groups excluding carboxylic acids is 1. The Bertz CT molecular complexity index is 285. The Kier molecular flexibility index (Phi) is 9.14. The first-order valence-corrected chi connectivity index (χ1v) is 8.32. The highest BCUT2D eigenvalue weighted by Gasteiger charge is 2.22. The van der Waals surface area contributed by atoms with E-state index in [1.165, 1.54) is 0 Å². The first-order valence-electron chi connectivity index (χ1n) is 8.32. The molecule has 0 heterocycles. The molecular formula is C17H36N2O2. The molecule has 0 saturated heterocycles. The molecule has 0 aromatic carbocycles. The van der Waals surface area contributed by atoms with Crippen LogP contribution in [0.15, 0.2) is 0 Å². The van der Waals surface area contributed by atoms with Gasteiger partial charge in [-0.15, -0.1) is 0 Å². The molecule has 1 atom stereocenters. The summed E-state index contributed by atoms with van der Waals surface area (Å²) in [6.45, 7) is 17.3. The molecule has 1 amide bonds. The molecule has 4 heteroatoms. The molecular weight excluding hydrogens is 264 g/mol. The van der Waals surface area contributed by atoms with E-state index in [1.807, 2.05) is 32.6 Å². The van der Waals surface area contributed by atoms with E-state index in [0.717, 1.165) is 0 Å². The van der Waals surface area contributed by atoms with Crippen LogP contribution in [-0.4, -0.2) is 57.6 Å². The molecule has 0 rings (SSSR count). The van der Waals surface area contributed by atoms with Gasteiger partial charge in [-0.25, -0.2) is 0 Å². The minimum absolute atomic E-state index is 0.139. The molecule has 0 radical (unpaired) electrons. The van der Waals surface area contributed by atoms with Crippen LogP contribution in [0.4, 0.5) is 0 Å². The Morgan fingerprint density at radius 1 is 0.857 bits per heavy atom. The second-order valence-electron chi connectivity index (χ2n) is 7.07. The van der Waals surface area contributed by atoms with Gasteiger partial charge in [0.2, 0.25) is 5.91 Å². The van der Waals surface area contributed by atoms with Crippen LogP contribution < -0.4 is 0 Å². The van der Waals surface area contributed by atoms with Gasteiger partial charge in [-0.3, -0.25) is 9.69 Å². The number of amides is 1. The average Bonchev–Trinajstić information content (AvgIpc) is 2.31. The second-order valence-corrected chi connectivity index (χ2v) is 7.07. The Labute approximate surface area is 131 Å². The normalized spacial score (nSPS) is 13.8. The summed E-state index contributed by atoms with van der Waals surface area (Å²) >= 11 is 0. The minimum Gasteiger partial charge on any atom is -0.392 e. The zero-order valence-electron chi connectivity index (χ0n) is 15.3. The largest absolute Gasteiger partial charge is 0.392 e. The predicted octanol–water partition coefficient (Wildman–Crippen LogP) is 2.89. The average molecular weight is 300 g/mol. The van der Waals surface area contributed by atoms with Crippen LogP contribution in [0.3, 0.4) is 0 Å². The minimum atomic E-state index is -0.445. The zero-order chi connectivity index (χ0) is 16.7. The number of hydrogen-bond donors (Lipinski definition) is 1. The van der Waals surface area contributed by atoms with Gasteiger partial charge in [0.05, 0.1) is 6.10 Å². The van der Waals surface area contributed by atoms with E-state index >= 15 is 0 Å². The number of carbonyl (C=O) groups is 1. The summed E-state index contributed by atoms with van der Waals surface area (Å²) in [4.78, 5) is 16.4. The maximum absolute atomic E-state index is 12.3. The highest BCUT2D eigenvalue weighted by molar-refractivity contribution is 5.76. The smallest absolute Gasteiger partial charge is 0.223 e. The van der Waals surface area contributed by atoms with Gasteiger partial charge in [0.25, 0.3) is 0 Å². The SMILES string of the molecule is CC(C)N(CC(O)CCC(=O)N(C(C)C)C(C)C)C(C)C. The monoisotopic (exact) mass is 300 g/mol. The molecule has 0 saturated carbocycles. The van der Waals surface area contributed by atoms with Gasteiger partial charge >= 0.3 is 0 Å². The fourth-order valence-electron chi connectivity index (χ4n) is 2.94. The third-order valence-electron chi connectivity index (χ3n) is 3.84. The van der Waals surface area contributed by atoms with E-state index < -0.39 is 6.10 Å². The van der Waals surface area contributed by atoms with Crippen molar-refractivity contribution in [1.82, 2.24) is 9.80 Å². The summed E-state index contributed by atoms with van der Waals surface area (Å²) in [7, 11) is 0. The van der Waals surface area contributed by atoms with Crippen molar-refractivity contribution in [3.63, 3.8) is 0 Å². The lowest BCUT2D eigenvalue weighted by molar-refractivity contribution is -0.135. The Balaban J connectivity index is 4.41. The van der Waals surface area contributed by atoms with E-state index in [0.29, 0.717) is 31.5 Å². The standard InChI is InChI=1S/C17H36N2O2/c1-12(2)18(13(3)4)11-16(20)9-10-17(21)19(14(5)6)15(7)8/h12-16,20H,9-11H2,1-8H3. The van der Waals surface area contributed by atoms with Crippen molar-refractivity contribution in [2.45, 2.75) is 98.5 Å². The number of nitrogens with zero attached hydrogens (tertiary/aromatic N) is 2. The van der Waals surface area contributed by atoms with Crippen molar-refractivity contribution in [3.05, 3.63) is 0 Å². The van der Waals surface area contributed by atoms with E-state index in [4.69, 9.17) is 0 Å². The van der Waals surface area contributed by atoms with E-state index in [1.54, 1.807) is 0 Å². The molecule has 0 aliphatic heterocycles. The molecule has 1 unspecified atom stereocenters. The second kappa shape index (κ2) is 9.42. The van der Waals surface area contributed by atoms with Crippen molar-refractivity contribution in [2.24, 2.45) is 0 Å². The van der Waals surface area contributed by atoms with Gasteiger partial charge in [0, 0.05) is 37.1 Å². The van der Waals surface area contributed by atoms with Crippen LogP contribution in [0.2, 0.25) is 0 Å². The van der Waals surface area contributed by atoms with Gasteiger partial charge in [0.1, 0.15) is 0 Å².